The molecule has 2 aliphatic heterocycles. The number of nitrogens with two attached hydrogens (primary N) is 2. The largest absolute Gasteiger partial charge is 0.504 e. The van der Waals surface area contributed by atoms with Gasteiger partial charge in [-0.3, -0.25) is 10.8 Å². The summed E-state index contributed by atoms with van der Waals surface area (Å²) in [4.78, 5) is 16.4. The summed E-state index contributed by atoms with van der Waals surface area (Å²) in [5, 5.41) is 26.0. The molecule has 2 heterocycles. The van der Waals surface area contributed by atoms with E-state index in [9.17, 15) is 9.90 Å². The van der Waals surface area contributed by atoms with E-state index in [0.717, 1.165) is 17.5 Å². The predicted octanol–water partition coefficient (Wildman–Crippen LogP) is 2.06. The number of ether oxygens (including phenoxy) is 3. The SMILES string of the molecule is CCOC(=O)C(Oc1ccc2c(c1)CN(C(=N)N)CC2)c1ccc(OC2CCN(C(=N)N)CC2)c(O)c1. The highest BCUT2D eigenvalue weighted by Crippen LogP contribution is 2.34. The van der Waals surface area contributed by atoms with Gasteiger partial charge in [0.25, 0.3) is 0 Å². The monoisotopic (exact) mass is 510 g/mol. The number of carbonyl (C=O) groups excluding carboxylic acids is 1. The Kier molecular flexibility index (Phi) is 7.90. The average Bonchev–Trinajstić information content (AvgIpc) is 2.88. The van der Waals surface area contributed by atoms with Gasteiger partial charge in [-0.25, -0.2) is 4.79 Å². The fourth-order valence-corrected chi connectivity index (χ4v) is 4.61. The highest BCUT2D eigenvalue weighted by atomic mass is 16.6. The van der Waals surface area contributed by atoms with Crippen molar-refractivity contribution in [2.24, 2.45) is 11.5 Å². The number of esters is 1. The predicted molar refractivity (Wildman–Crippen MR) is 138 cm³/mol. The third-order valence-corrected chi connectivity index (χ3v) is 6.65. The van der Waals surface area contributed by atoms with E-state index in [4.69, 9.17) is 36.5 Å². The van der Waals surface area contributed by atoms with Crippen molar-refractivity contribution in [3.63, 3.8) is 0 Å². The second-order valence-electron chi connectivity index (χ2n) is 9.15. The first kappa shape index (κ1) is 25.9. The van der Waals surface area contributed by atoms with Crippen molar-refractivity contribution >= 4 is 17.9 Å². The first-order chi connectivity index (χ1) is 17.7. The van der Waals surface area contributed by atoms with Crippen molar-refractivity contribution in [1.82, 2.24) is 9.80 Å². The van der Waals surface area contributed by atoms with Crippen LogP contribution in [-0.4, -0.2) is 65.1 Å². The third-order valence-electron chi connectivity index (χ3n) is 6.65. The van der Waals surface area contributed by atoms with E-state index in [0.29, 0.717) is 56.1 Å². The standard InChI is InChI=1S/C26H34N6O5/c1-2-35-24(34)23(37-20-5-3-16-7-10-32(26(29)30)15-18(16)13-20)17-4-6-22(21(33)14-17)36-19-8-11-31(12-9-19)25(27)28/h3-6,13-14,19,23,33H,2,7-12,15H2,1H3,(H3,27,28)(H3,29,30). The summed E-state index contributed by atoms with van der Waals surface area (Å²) in [5.41, 5.74) is 13.8. The molecule has 11 heteroatoms. The molecule has 198 valence electrons. The van der Waals surface area contributed by atoms with Crippen molar-refractivity contribution in [3.05, 3.63) is 53.1 Å². The van der Waals surface area contributed by atoms with Gasteiger partial charge in [-0.1, -0.05) is 12.1 Å². The van der Waals surface area contributed by atoms with Crippen LogP contribution in [0.1, 0.15) is 42.6 Å². The molecular weight excluding hydrogens is 476 g/mol. The molecule has 1 saturated heterocycles. The normalized spacial score (nSPS) is 16.5. The van der Waals surface area contributed by atoms with Crippen LogP contribution in [0.25, 0.3) is 0 Å². The van der Waals surface area contributed by atoms with Crippen molar-refractivity contribution in [1.29, 1.82) is 10.8 Å². The van der Waals surface area contributed by atoms with Crippen LogP contribution in [0.2, 0.25) is 0 Å². The van der Waals surface area contributed by atoms with Gasteiger partial charge in [0, 0.05) is 44.6 Å². The van der Waals surface area contributed by atoms with Gasteiger partial charge in [0.2, 0.25) is 6.10 Å². The van der Waals surface area contributed by atoms with E-state index in [1.165, 1.54) is 6.07 Å². The minimum Gasteiger partial charge on any atom is -0.504 e. The molecule has 0 spiro atoms. The van der Waals surface area contributed by atoms with Crippen LogP contribution in [0.5, 0.6) is 17.2 Å². The lowest BCUT2D eigenvalue weighted by Crippen LogP contribution is -2.44. The Bertz CT molecular complexity index is 1160. The summed E-state index contributed by atoms with van der Waals surface area (Å²) < 4.78 is 17.3. The zero-order valence-electron chi connectivity index (χ0n) is 20.9. The van der Waals surface area contributed by atoms with Gasteiger partial charge in [0.15, 0.2) is 23.4 Å². The number of fused-ring (bicyclic) bond motifs is 1. The van der Waals surface area contributed by atoms with Crippen molar-refractivity contribution < 1.29 is 24.1 Å². The minimum absolute atomic E-state index is 0.0172. The number of benzene rings is 2. The summed E-state index contributed by atoms with van der Waals surface area (Å²) in [6.45, 7) is 4.30. The van der Waals surface area contributed by atoms with Gasteiger partial charge in [0.05, 0.1) is 6.61 Å². The molecule has 0 aliphatic carbocycles. The maximum Gasteiger partial charge on any atom is 0.352 e. The van der Waals surface area contributed by atoms with Crippen molar-refractivity contribution in [2.75, 3.05) is 26.2 Å². The van der Waals surface area contributed by atoms with Gasteiger partial charge in [-0.15, -0.1) is 0 Å². The van der Waals surface area contributed by atoms with Crippen molar-refractivity contribution in [2.45, 2.75) is 44.9 Å². The number of rotatable bonds is 7. The number of phenols is 1. The van der Waals surface area contributed by atoms with Gasteiger partial charge in [0.1, 0.15) is 11.9 Å². The highest BCUT2D eigenvalue weighted by molar-refractivity contribution is 5.77. The van der Waals surface area contributed by atoms with Gasteiger partial charge >= 0.3 is 5.97 Å². The number of carbonyl (C=O) groups is 1. The molecule has 2 aliphatic rings. The average molecular weight is 511 g/mol. The molecule has 2 aromatic carbocycles. The number of phenolic OH excluding ortho intramolecular Hbond substituents is 1. The Hall–Kier alpha value is -4.15. The number of aromatic hydroxyl groups is 1. The van der Waals surface area contributed by atoms with E-state index in [1.807, 2.05) is 12.1 Å². The van der Waals surface area contributed by atoms with E-state index in [1.54, 1.807) is 34.9 Å². The van der Waals surface area contributed by atoms with Crippen LogP contribution in [0, 0.1) is 10.8 Å². The third kappa shape index (κ3) is 6.16. The summed E-state index contributed by atoms with van der Waals surface area (Å²) in [6, 6.07) is 10.4. The van der Waals surface area contributed by atoms with Crippen LogP contribution < -0.4 is 20.9 Å². The lowest BCUT2D eigenvalue weighted by Gasteiger charge is -2.32. The highest BCUT2D eigenvalue weighted by Gasteiger charge is 2.28. The Balaban J connectivity index is 1.50. The molecular formula is C26H34N6O5. The lowest BCUT2D eigenvalue weighted by atomic mass is 9.99. The first-order valence-electron chi connectivity index (χ1n) is 12.4. The van der Waals surface area contributed by atoms with Crippen LogP contribution >= 0.6 is 0 Å². The van der Waals surface area contributed by atoms with E-state index < -0.39 is 12.1 Å². The Morgan fingerprint density at radius 3 is 2.43 bits per heavy atom. The Morgan fingerprint density at radius 2 is 1.78 bits per heavy atom. The number of nitrogens with one attached hydrogen (secondary N) is 2. The summed E-state index contributed by atoms with van der Waals surface area (Å²) in [5.74, 6) is 0.168. The lowest BCUT2D eigenvalue weighted by molar-refractivity contribution is -0.151. The molecule has 0 amide bonds. The molecule has 7 N–H and O–H groups in total. The van der Waals surface area contributed by atoms with Gasteiger partial charge in [-0.05, 0) is 48.7 Å². The number of hydrogen-bond acceptors (Lipinski definition) is 7. The topological polar surface area (TPSA) is 171 Å². The van der Waals surface area contributed by atoms with E-state index in [-0.39, 0.29) is 30.4 Å². The Morgan fingerprint density at radius 1 is 1.05 bits per heavy atom. The smallest absolute Gasteiger partial charge is 0.352 e. The molecule has 2 aromatic rings. The Labute approximate surface area is 215 Å². The second-order valence-corrected chi connectivity index (χ2v) is 9.15. The maximum absolute atomic E-state index is 12.8. The van der Waals surface area contributed by atoms with Crippen LogP contribution in [0.4, 0.5) is 0 Å². The molecule has 37 heavy (non-hydrogen) atoms. The van der Waals surface area contributed by atoms with Crippen LogP contribution in [0.15, 0.2) is 36.4 Å². The minimum atomic E-state index is -1.09. The number of guanidine groups is 2. The molecule has 4 rings (SSSR count). The molecule has 0 saturated carbocycles. The fourth-order valence-electron chi connectivity index (χ4n) is 4.61. The number of piperidine rings is 1. The summed E-state index contributed by atoms with van der Waals surface area (Å²) in [6.07, 6.45) is 0.905. The zero-order valence-corrected chi connectivity index (χ0v) is 20.9. The second kappa shape index (κ2) is 11.3. The van der Waals surface area contributed by atoms with E-state index in [2.05, 4.69) is 0 Å². The summed E-state index contributed by atoms with van der Waals surface area (Å²) in [7, 11) is 0. The van der Waals surface area contributed by atoms with Crippen molar-refractivity contribution in [3.8, 4) is 17.2 Å². The quantitative estimate of drug-likeness (QED) is 0.212. The number of nitrogens with zero attached hydrogens (tertiary/aromatic N) is 2. The molecule has 0 radical (unpaired) electrons. The molecule has 11 nitrogen and oxygen atoms in total. The molecule has 0 bridgehead atoms. The van der Waals surface area contributed by atoms with Crippen LogP contribution in [-0.2, 0) is 22.5 Å². The van der Waals surface area contributed by atoms with Crippen LogP contribution in [0.3, 0.4) is 0 Å². The van der Waals surface area contributed by atoms with Gasteiger partial charge in [-0.2, -0.15) is 0 Å². The molecule has 1 atom stereocenters. The maximum atomic E-state index is 12.8. The van der Waals surface area contributed by atoms with Gasteiger partial charge < -0.3 is 40.6 Å². The number of likely N-dealkylation sites (tertiary alicyclic amines) is 1. The number of hydrogen-bond donors (Lipinski definition) is 5. The van der Waals surface area contributed by atoms with E-state index >= 15 is 0 Å². The zero-order chi connectivity index (χ0) is 26.5. The summed E-state index contributed by atoms with van der Waals surface area (Å²) >= 11 is 0. The first-order valence-corrected chi connectivity index (χ1v) is 12.4. The molecule has 1 fully saturated rings. The fraction of sp³-hybridized carbons (Fsp3) is 0.423. The molecule has 1 unspecified atom stereocenters. The molecule has 0 aromatic heterocycles.